The Balaban J connectivity index is 2.58. The van der Waals surface area contributed by atoms with E-state index in [0.29, 0.717) is 11.1 Å². The summed E-state index contributed by atoms with van der Waals surface area (Å²) in [6.45, 7) is 3.74. The molecule has 1 aliphatic carbocycles. The number of carboxylic acids is 1. The average molecular weight is 323 g/mol. The molecule has 0 spiro atoms. The molecular weight excluding hydrogens is 302 g/mol. The van der Waals surface area contributed by atoms with Gasteiger partial charge in [0.05, 0.1) is 37.3 Å². The Kier molecular flexibility index (Phi) is 4.77. The molecule has 1 heterocycles. The van der Waals surface area contributed by atoms with Gasteiger partial charge in [-0.25, -0.2) is 9.59 Å². The zero-order chi connectivity index (χ0) is 17.3. The maximum Gasteiger partial charge on any atom is 0.335 e. The van der Waals surface area contributed by atoms with Crippen molar-refractivity contribution in [3.63, 3.8) is 0 Å². The van der Waals surface area contributed by atoms with E-state index in [2.05, 4.69) is 0 Å². The average Bonchev–Trinajstić information content (AvgIpc) is 2.52. The Morgan fingerprint density at radius 1 is 1.17 bits per heavy atom. The number of carbonyl (C=O) groups is 3. The third-order valence-corrected chi connectivity index (χ3v) is 4.42. The summed E-state index contributed by atoms with van der Waals surface area (Å²) in [4.78, 5) is 37.7. The van der Waals surface area contributed by atoms with Gasteiger partial charge < -0.3 is 19.5 Å². The topological polar surface area (TPSA) is 93.1 Å². The maximum atomic E-state index is 12.1. The number of ether oxygens (including phenoxy) is 2. The molecule has 0 fully saturated rings. The largest absolute Gasteiger partial charge is 0.481 e. The summed E-state index contributed by atoms with van der Waals surface area (Å²) in [5, 5.41) is 9.70. The highest BCUT2D eigenvalue weighted by molar-refractivity contribution is 5.95. The van der Waals surface area contributed by atoms with Crippen LogP contribution in [0.15, 0.2) is 23.4 Å². The van der Waals surface area contributed by atoms with Crippen LogP contribution in [0.25, 0.3) is 0 Å². The normalized spacial score (nSPS) is 26.3. The lowest BCUT2D eigenvalue weighted by Gasteiger charge is -2.47. The number of methoxy groups -OCH3 is 2. The van der Waals surface area contributed by atoms with Gasteiger partial charge >= 0.3 is 17.9 Å². The highest BCUT2D eigenvalue weighted by Crippen LogP contribution is 2.43. The number of carbonyl (C=O) groups excluding carboxylic acids is 2. The summed E-state index contributed by atoms with van der Waals surface area (Å²) in [6.07, 6.45) is 3.58. The van der Waals surface area contributed by atoms with Gasteiger partial charge in [0.25, 0.3) is 0 Å². The van der Waals surface area contributed by atoms with Gasteiger partial charge in [-0.15, -0.1) is 0 Å². The minimum atomic E-state index is -1.05. The Morgan fingerprint density at radius 3 is 2.22 bits per heavy atom. The van der Waals surface area contributed by atoms with Crippen molar-refractivity contribution >= 4 is 17.9 Å². The molecular formula is C16H21NO6. The second-order valence-electron chi connectivity index (χ2n) is 5.92. The number of aliphatic carboxylic acids is 1. The minimum absolute atomic E-state index is 0.103. The van der Waals surface area contributed by atoms with Gasteiger partial charge in [-0.05, 0) is 20.3 Å². The summed E-state index contributed by atoms with van der Waals surface area (Å²) < 4.78 is 9.59. The molecule has 0 amide bonds. The van der Waals surface area contributed by atoms with Crippen LogP contribution in [0.5, 0.6) is 0 Å². The number of esters is 2. The molecule has 7 heteroatoms. The molecule has 0 saturated carbocycles. The quantitative estimate of drug-likeness (QED) is 0.770. The Hall–Kier alpha value is -2.31. The van der Waals surface area contributed by atoms with E-state index < -0.39 is 35.8 Å². The monoisotopic (exact) mass is 323 g/mol. The number of hydrogen-bond donors (Lipinski definition) is 1. The molecule has 0 saturated heterocycles. The fourth-order valence-electron chi connectivity index (χ4n) is 3.36. The molecule has 3 unspecified atom stereocenters. The molecule has 0 aromatic rings. The summed E-state index contributed by atoms with van der Waals surface area (Å²) in [5.41, 5.74) is 0.648. The van der Waals surface area contributed by atoms with E-state index in [9.17, 15) is 19.5 Å². The maximum absolute atomic E-state index is 12.1. The first kappa shape index (κ1) is 17.1. The molecule has 7 nitrogen and oxygen atoms in total. The number of fused-ring (bicyclic) bond motifs is 2. The summed E-state index contributed by atoms with van der Waals surface area (Å²) in [7, 11) is 2.53. The predicted molar refractivity (Wildman–Crippen MR) is 80.2 cm³/mol. The Labute approximate surface area is 134 Å². The van der Waals surface area contributed by atoms with Gasteiger partial charge in [0.1, 0.15) is 0 Å². The molecule has 0 radical (unpaired) electrons. The number of allylic oxidation sites excluding steroid dienone is 1. The third kappa shape index (κ3) is 2.83. The van der Waals surface area contributed by atoms with E-state index in [1.165, 1.54) is 14.2 Å². The number of nitrogens with zero attached hydrogens (tertiary/aromatic N) is 1. The second kappa shape index (κ2) is 6.44. The van der Waals surface area contributed by atoms with Crippen LogP contribution in [-0.4, -0.2) is 54.2 Å². The fourth-order valence-corrected chi connectivity index (χ4v) is 3.36. The molecule has 2 aliphatic rings. The molecule has 0 aromatic carbocycles. The predicted octanol–water partition coefficient (Wildman–Crippen LogP) is 0.956. The van der Waals surface area contributed by atoms with Crippen molar-refractivity contribution in [2.75, 3.05) is 14.2 Å². The van der Waals surface area contributed by atoms with Crippen molar-refractivity contribution in [1.29, 1.82) is 0 Å². The van der Waals surface area contributed by atoms with Crippen molar-refractivity contribution in [2.45, 2.75) is 32.4 Å². The van der Waals surface area contributed by atoms with Gasteiger partial charge in [-0.1, -0.05) is 6.08 Å². The van der Waals surface area contributed by atoms with Crippen molar-refractivity contribution in [1.82, 2.24) is 4.90 Å². The molecule has 23 heavy (non-hydrogen) atoms. The summed E-state index contributed by atoms with van der Waals surface area (Å²) in [5.74, 6) is -3.56. The van der Waals surface area contributed by atoms with Crippen LogP contribution in [-0.2, 0) is 23.9 Å². The summed E-state index contributed by atoms with van der Waals surface area (Å²) >= 11 is 0. The van der Waals surface area contributed by atoms with Crippen LogP contribution in [0.2, 0.25) is 0 Å². The van der Waals surface area contributed by atoms with Crippen LogP contribution >= 0.6 is 0 Å². The van der Waals surface area contributed by atoms with Crippen molar-refractivity contribution < 1.29 is 29.0 Å². The molecule has 2 rings (SSSR count). The summed E-state index contributed by atoms with van der Waals surface area (Å²) in [6, 6.07) is -0.763. The zero-order valence-electron chi connectivity index (χ0n) is 13.6. The number of carboxylic acid groups (broad SMARTS) is 1. The molecule has 1 aliphatic heterocycles. The van der Waals surface area contributed by atoms with Crippen molar-refractivity contribution in [3.05, 3.63) is 23.4 Å². The third-order valence-electron chi connectivity index (χ3n) is 4.42. The van der Waals surface area contributed by atoms with Gasteiger partial charge in [0.15, 0.2) is 0 Å². The van der Waals surface area contributed by atoms with Crippen LogP contribution in [0.4, 0.5) is 0 Å². The van der Waals surface area contributed by atoms with Gasteiger partial charge in [-0.3, -0.25) is 4.79 Å². The standard InChI is InChI=1S/C16H21NO6/c1-8(2)17-7-11(16(21)23-4)9-5-6-10(15(20)22-3)13(17)12(9)14(18)19/h6-9,12-13H,5H2,1-4H3,(H,18,19). The van der Waals surface area contributed by atoms with Gasteiger partial charge in [-0.2, -0.15) is 0 Å². The van der Waals surface area contributed by atoms with Crippen LogP contribution in [0.1, 0.15) is 20.3 Å². The Morgan fingerprint density at radius 2 is 1.74 bits per heavy atom. The zero-order valence-corrected chi connectivity index (χ0v) is 13.6. The molecule has 0 aromatic heterocycles. The minimum Gasteiger partial charge on any atom is -0.481 e. The first-order chi connectivity index (χ1) is 10.8. The van der Waals surface area contributed by atoms with E-state index in [0.717, 1.165) is 0 Å². The first-order valence-corrected chi connectivity index (χ1v) is 7.42. The Bertz CT molecular complexity index is 591. The van der Waals surface area contributed by atoms with Gasteiger partial charge in [0.2, 0.25) is 0 Å². The van der Waals surface area contributed by atoms with Crippen LogP contribution in [0, 0.1) is 11.8 Å². The smallest absolute Gasteiger partial charge is 0.335 e. The second-order valence-corrected chi connectivity index (χ2v) is 5.92. The highest BCUT2D eigenvalue weighted by Gasteiger charge is 2.50. The first-order valence-electron chi connectivity index (χ1n) is 7.42. The van der Waals surface area contributed by atoms with Crippen molar-refractivity contribution in [3.8, 4) is 0 Å². The van der Waals surface area contributed by atoms with E-state index in [1.54, 1.807) is 17.2 Å². The van der Waals surface area contributed by atoms with Gasteiger partial charge in [0, 0.05) is 18.2 Å². The lowest BCUT2D eigenvalue weighted by molar-refractivity contribution is -0.148. The number of rotatable bonds is 4. The SMILES string of the molecule is COC(=O)C1=CN(C(C)C)C2C(C(=O)OC)=CCC1C2C(=O)O. The highest BCUT2D eigenvalue weighted by atomic mass is 16.5. The van der Waals surface area contributed by atoms with Crippen LogP contribution in [0.3, 0.4) is 0 Å². The van der Waals surface area contributed by atoms with E-state index in [-0.39, 0.29) is 12.5 Å². The fraction of sp³-hybridized carbons (Fsp3) is 0.562. The van der Waals surface area contributed by atoms with Crippen molar-refractivity contribution in [2.24, 2.45) is 11.8 Å². The number of hydrogen-bond acceptors (Lipinski definition) is 6. The van der Waals surface area contributed by atoms with E-state index in [1.807, 2.05) is 13.8 Å². The lowest BCUT2D eigenvalue weighted by Crippen LogP contribution is -2.55. The molecule has 2 bridgehead atoms. The van der Waals surface area contributed by atoms with E-state index in [4.69, 9.17) is 9.47 Å². The van der Waals surface area contributed by atoms with E-state index >= 15 is 0 Å². The molecule has 1 N–H and O–H groups in total. The molecule has 3 atom stereocenters. The molecule has 126 valence electrons. The lowest BCUT2D eigenvalue weighted by atomic mass is 9.69. The van der Waals surface area contributed by atoms with Crippen LogP contribution < -0.4 is 0 Å².